The molecule has 56 heavy (non-hydrogen) atoms. The molecule has 0 aromatic heterocycles. The summed E-state index contributed by atoms with van der Waals surface area (Å²) in [5.74, 6) is -0.948. The van der Waals surface area contributed by atoms with Crippen molar-refractivity contribution in [3.63, 3.8) is 0 Å². The van der Waals surface area contributed by atoms with Gasteiger partial charge in [0.05, 0.1) is 6.61 Å². The van der Waals surface area contributed by atoms with Gasteiger partial charge >= 0.3 is 19.8 Å². The summed E-state index contributed by atoms with van der Waals surface area (Å²) in [6, 6.07) is 0. The van der Waals surface area contributed by atoms with Gasteiger partial charge in [0.15, 0.2) is 6.10 Å². The molecule has 9 heteroatoms. The molecule has 0 saturated heterocycles. The Morgan fingerprint density at radius 3 is 1.34 bits per heavy atom. The molecule has 0 aliphatic heterocycles. The Hall–Kier alpha value is -1.99. The first-order valence-corrected chi connectivity index (χ1v) is 24.5. The highest BCUT2D eigenvalue weighted by Gasteiger charge is 2.22. The highest BCUT2D eigenvalue weighted by Crippen LogP contribution is 2.36. The summed E-state index contributed by atoms with van der Waals surface area (Å²) < 4.78 is 26.4. The van der Waals surface area contributed by atoms with Crippen molar-refractivity contribution < 1.29 is 37.9 Å². The maximum absolute atomic E-state index is 12.4. The third-order valence-corrected chi connectivity index (χ3v) is 10.3. The van der Waals surface area contributed by atoms with Crippen LogP contribution < -0.4 is 0 Å². The number of unbranched alkanes of at least 4 members (excludes halogenated alkanes) is 24. The van der Waals surface area contributed by atoms with E-state index in [9.17, 15) is 14.2 Å². The summed E-state index contributed by atoms with van der Waals surface area (Å²) >= 11 is 0. The molecular formula is C47H85O8P. The number of allylic oxidation sites excluding steroid dienone is 8. The van der Waals surface area contributed by atoms with E-state index >= 15 is 0 Å². The molecule has 0 spiro atoms. The van der Waals surface area contributed by atoms with Gasteiger partial charge < -0.3 is 19.3 Å². The molecule has 0 unspecified atom stereocenters. The van der Waals surface area contributed by atoms with Gasteiger partial charge in [-0.25, -0.2) is 4.57 Å². The van der Waals surface area contributed by atoms with E-state index in [1.807, 2.05) is 0 Å². The SMILES string of the molecule is CCCCC/C=C/C/C=C/CCCCCCCC(=O)O[C@H](COC(=O)CCC/C=C/CC/C=C/CCCCCCCCCCCCCCCC)COP(=O)(O)O. The summed E-state index contributed by atoms with van der Waals surface area (Å²) in [6.45, 7) is 3.63. The molecule has 0 aliphatic rings. The van der Waals surface area contributed by atoms with E-state index in [1.165, 1.54) is 116 Å². The van der Waals surface area contributed by atoms with Crippen LogP contribution >= 0.6 is 7.82 Å². The van der Waals surface area contributed by atoms with E-state index < -0.39 is 32.5 Å². The highest BCUT2D eigenvalue weighted by molar-refractivity contribution is 7.46. The van der Waals surface area contributed by atoms with E-state index in [1.54, 1.807) is 0 Å². The van der Waals surface area contributed by atoms with Crippen LogP contribution in [0.2, 0.25) is 0 Å². The molecule has 0 rings (SSSR count). The monoisotopic (exact) mass is 809 g/mol. The Kier molecular flexibility index (Phi) is 41.1. The molecule has 0 heterocycles. The fraction of sp³-hybridized carbons (Fsp3) is 0.787. The Morgan fingerprint density at radius 1 is 0.464 bits per heavy atom. The first kappa shape index (κ1) is 54.0. The number of hydrogen-bond acceptors (Lipinski definition) is 6. The van der Waals surface area contributed by atoms with E-state index in [0.29, 0.717) is 12.8 Å². The van der Waals surface area contributed by atoms with Gasteiger partial charge in [0.25, 0.3) is 0 Å². The van der Waals surface area contributed by atoms with Crippen LogP contribution in [-0.2, 0) is 28.2 Å². The molecular weight excluding hydrogens is 723 g/mol. The van der Waals surface area contributed by atoms with Crippen LogP contribution in [0, 0.1) is 0 Å². The number of phosphoric acid groups is 1. The van der Waals surface area contributed by atoms with Crippen molar-refractivity contribution in [3.8, 4) is 0 Å². The van der Waals surface area contributed by atoms with Crippen molar-refractivity contribution in [2.45, 2.75) is 225 Å². The molecule has 0 bridgehead atoms. The highest BCUT2D eigenvalue weighted by atomic mass is 31.2. The Balaban J connectivity index is 3.92. The summed E-state index contributed by atoms with van der Waals surface area (Å²) in [7, 11) is -4.77. The molecule has 326 valence electrons. The number of esters is 2. The topological polar surface area (TPSA) is 119 Å². The fourth-order valence-electron chi connectivity index (χ4n) is 6.36. The lowest BCUT2D eigenvalue weighted by Gasteiger charge is -2.18. The van der Waals surface area contributed by atoms with Crippen molar-refractivity contribution in [2.75, 3.05) is 13.2 Å². The quantitative estimate of drug-likeness (QED) is 0.0271. The minimum Gasteiger partial charge on any atom is -0.462 e. The molecule has 0 aromatic carbocycles. The number of carbonyl (C=O) groups excluding carboxylic acids is 2. The van der Waals surface area contributed by atoms with E-state index in [-0.39, 0.29) is 19.4 Å². The fourth-order valence-corrected chi connectivity index (χ4v) is 6.73. The van der Waals surface area contributed by atoms with Gasteiger partial charge in [-0.3, -0.25) is 14.1 Å². The average molecular weight is 809 g/mol. The minimum absolute atomic E-state index is 0.187. The van der Waals surface area contributed by atoms with Crippen LogP contribution in [0.5, 0.6) is 0 Å². The van der Waals surface area contributed by atoms with Gasteiger partial charge in [0.2, 0.25) is 0 Å². The van der Waals surface area contributed by atoms with E-state index in [4.69, 9.17) is 19.3 Å². The molecule has 0 fully saturated rings. The third kappa shape index (κ3) is 44.7. The maximum Gasteiger partial charge on any atom is 0.469 e. The zero-order valence-electron chi connectivity index (χ0n) is 36.0. The first-order valence-electron chi connectivity index (χ1n) is 22.9. The van der Waals surface area contributed by atoms with Crippen molar-refractivity contribution >= 4 is 19.8 Å². The minimum atomic E-state index is -4.77. The molecule has 8 nitrogen and oxygen atoms in total. The van der Waals surface area contributed by atoms with Gasteiger partial charge in [0.1, 0.15) is 6.61 Å². The van der Waals surface area contributed by atoms with Gasteiger partial charge in [-0.15, -0.1) is 0 Å². The summed E-state index contributed by atoms with van der Waals surface area (Å²) in [4.78, 5) is 42.9. The number of ether oxygens (including phenoxy) is 2. The predicted octanol–water partition coefficient (Wildman–Crippen LogP) is 14.3. The van der Waals surface area contributed by atoms with Crippen molar-refractivity contribution in [3.05, 3.63) is 48.6 Å². The molecule has 2 N–H and O–H groups in total. The van der Waals surface area contributed by atoms with Gasteiger partial charge in [-0.05, 0) is 77.0 Å². The molecule has 0 aliphatic carbocycles. The Morgan fingerprint density at radius 2 is 0.839 bits per heavy atom. The van der Waals surface area contributed by atoms with Crippen LogP contribution in [-0.4, -0.2) is 41.0 Å². The molecule has 1 atom stereocenters. The second-order valence-corrected chi connectivity index (χ2v) is 16.6. The normalized spacial score (nSPS) is 12.9. The smallest absolute Gasteiger partial charge is 0.462 e. The zero-order valence-corrected chi connectivity index (χ0v) is 36.9. The van der Waals surface area contributed by atoms with Gasteiger partial charge in [-0.1, -0.05) is 178 Å². The van der Waals surface area contributed by atoms with Crippen molar-refractivity contribution in [1.82, 2.24) is 0 Å². The van der Waals surface area contributed by atoms with Crippen LogP contribution in [0.4, 0.5) is 0 Å². The standard InChI is InChI=1S/C47H85O8P/c1-3-5-7-9-11-13-15-17-19-20-21-22-23-24-25-26-28-29-31-33-35-37-39-41-46(48)53-43-45(44-54-56(50,51)52)55-47(49)42-40-38-36-34-32-30-27-18-16-14-12-10-8-6-4-2/h12,14,18,26-28,33,35,45H,3-11,13,15-17,19-25,29-32,34,36-44H2,1-2H3,(H2,50,51,52)/b14-12+,27-18+,28-26+,35-33+/t45-/m1/s1. The summed E-state index contributed by atoms with van der Waals surface area (Å²) in [6.07, 6.45) is 52.8. The van der Waals surface area contributed by atoms with Crippen LogP contribution in [0.25, 0.3) is 0 Å². The van der Waals surface area contributed by atoms with Crippen molar-refractivity contribution in [1.29, 1.82) is 0 Å². The van der Waals surface area contributed by atoms with E-state index in [2.05, 4.69) is 67.0 Å². The van der Waals surface area contributed by atoms with Gasteiger partial charge in [-0.2, -0.15) is 0 Å². The third-order valence-electron chi connectivity index (χ3n) is 9.80. The predicted molar refractivity (Wildman–Crippen MR) is 234 cm³/mol. The molecule has 0 amide bonds. The lowest BCUT2D eigenvalue weighted by Crippen LogP contribution is -2.29. The number of carbonyl (C=O) groups is 2. The van der Waals surface area contributed by atoms with Gasteiger partial charge in [0, 0.05) is 12.8 Å². The molecule has 0 radical (unpaired) electrons. The Labute approximate surface area is 344 Å². The van der Waals surface area contributed by atoms with Crippen LogP contribution in [0.1, 0.15) is 219 Å². The Bertz CT molecular complexity index is 1050. The average Bonchev–Trinajstić information content (AvgIpc) is 3.17. The zero-order chi connectivity index (χ0) is 41.1. The lowest BCUT2D eigenvalue weighted by atomic mass is 10.0. The van der Waals surface area contributed by atoms with Crippen LogP contribution in [0.3, 0.4) is 0 Å². The molecule has 0 saturated carbocycles. The van der Waals surface area contributed by atoms with Crippen LogP contribution in [0.15, 0.2) is 48.6 Å². The summed E-state index contributed by atoms with van der Waals surface area (Å²) in [5.41, 5.74) is 0. The largest absolute Gasteiger partial charge is 0.469 e. The number of rotatable bonds is 42. The summed E-state index contributed by atoms with van der Waals surface area (Å²) in [5, 5.41) is 0. The maximum atomic E-state index is 12.4. The molecule has 0 aromatic rings. The van der Waals surface area contributed by atoms with Crippen molar-refractivity contribution in [2.24, 2.45) is 0 Å². The first-order chi connectivity index (χ1) is 27.3. The number of phosphoric ester groups is 1. The van der Waals surface area contributed by atoms with E-state index in [0.717, 1.165) is 64.2 Å². The number of hydrogen-bond donors (Lipinski definition) is 2. The second kappa shape index (κ2) is 42.6. The lowest BCUT2D eigenvalue weighted by molar-refractivity contribution is -0.161. The second-order valence-electron chi connectivity index (χ2n) is 15.4.